The third-order valence-electron chi connectivity index (χ3n) is 2.73. The lowest BCUT2D eigenvalue weighted by Crippen LogP contribution is -2.30. The van der Waals surface area contributed by atoms with E-state index in [9.17, 15) is 0 Å². The number of nitrogens with zero attached hydrogens (tertiary/aromatic N) is 2. The zero-order valence-electron chi connectivity index (χ0n) is 9.59. The van der Waals surface area contributed by atoms with E-state index in [-0.39, 0.29) is 12.7 Å². The molecule has 0 amide bonds. The standard InChI is InChI=1S/C12H18N2O2/c1-10-8-14(6-3-7-16-10)12-5-2-4-11(9-15)13-12/h2,4-5,10,15H,3,6-9H2,1H3. The number of aliphatic hydroxyl groups is 1. The number of hydrogen-bond acceptors (Lipinski definition) is 4. The summed E-state index contributed by atoms with van der Waals surface area (Å²) in [4.78, 5) is 6.63. The molecule has 4 nitrogen and oxygen atoms in total. The van der Waals surface area contributed by atoms with Crippen molar-refractivity contribution in [2.75, 3.05) is 24.6 Å². The van der Waals surface area contributed by atoms with Crippen LogP contribution in [0.25, 0.3) is 0 Å². The van der Waals surface area contributed by atoms with E-state index in [1.165, 1.54) is 0 Å². The molecule has 0 bridgehead atoms. The van der Waals surface area contributed by atoms with Gasteiger partial charge in [-0.25, -0.2) is 4.98 Å². The topological polar surface area (TPSA) is 45.6 Å². The van der Waals surface area contributed by atoms with Crippen LogP contribution in [0.4, 0.5) is 5.82 Å². The number of hydrogen-bond donors (Lipinski definition) is 1. The molecule has 0 aliphatic carbocycles. The van der Waals surface area contributed by atoms with Crippen molar-refractivity contribution >= 4 is 5.82 Å². The Morgan fingerprint density at radius 3 is 3.25 bits per heavy atom. The summed E-state index contributed by atoms with van der Waals surface area (Å²) in [5.74, 6) is 0.934. The number of anilines is 1. The minimum absolute atomic E-state index is 0.00622. The molecule has 16 heavy (non-hydrogen) atoms. The van der Waals surface area contributed by atoms with Gasteiger partial charge in [0.1, 0.15) is 5.82 Å². The van der Waals surface area contributed by atoms with E-state index in [0.717, 1.165) is 37.6 Å². The van der Waals surface area contributed by atoms with Gasteiger partial charge in [0.25, 0.3) is 0 Å². The Labute approximate surface area is 95.9 Å². The predicted molar refractivity (Wildman–Crippen MR) is 62.4 cm³/mol. The van der Waals surface area contributed by atoms with Crippen molar-refractivity contribution in [3.8, 4) is 0 Å². The summed E-state index contributed by atoms with van der Waals surface area (Å²) in [5.41, 5.74) is 0.718. The van der Waals surface area contributed by atoms with Gasteiger partial charge in [-0.1, -0.05) is 6.07 Å². The summed E-state index contributed by atoms with van der Waals surface area (Å²) in [6.45, 7) is 4.72. The van der Waals surface area contributed by atoms with Crippen LogP contribution in [0.1, 0.15) is 19.0 Å². The Hall–Kier alpha value is -1.13. The zero-order chi connectivity index (χ0) is 11.4. The molecule has 1 atom stereocenters. The van der Waals surface area contributed by atoms with Gasteiger partial charge in [0, 0.05) is 19.7 Å². The largest absolute Gasteiger partial charge is 0.390 e. The third kappa shape index (κ3) is 2.71. The molecular weight excluding hydrogens is 204 g/mol. The van der Waals surface area contributed by atoms with Crippen molar-refractivity contribution in [3.63, 3.8) is 0 Å². The molecule has 1 fully saturated rings. The van der Waals surface area contributed by atoms with Crippen molar-refractivity contribution in [1.82, 2.24) is 4.98 Å². The second-order valence-electron chi connectivity index (χ2n) is 4.13. The minimum atomic E-state index is -0.00622. The van der Waals surface area contributed by atoms with Crippen LogP contribution >= 0.6 is 0 Å². The van der Waals surface area contributed by atoms with Crippen molar-refractivity contribution in [2.45, 2.75) is 26.1 Å². The highest BCUT2D eigenvalue weighted by atomic mass is 16.5. The SMILES string of the molecule is CC1CN(c2cccc(CO)n2)CCCO1. The fraction of sp³-hybridized carbons (Fsp3) is 0.583. The van der Waals surface area contributed by atoms with Crippen LogP contribution in [0, 0.1) is 0 Å². The highest BCUT2D eigenvalue weighted by Crippen LogP contribution is 2.15. The van der Waals surface area contributed by atoms with Crippen molar-refractivity contribution in [3.05, 3.63) is 23.9 Å². The Balaban J connectivity index is 2.14. The van der Waals surface area contributed by atoms with Gasteiger partial charge in [0.15, 0.2) is 0 Å². The first-order valence-electron chi connectivity index (χ1n) is 5.73. The average Bonchev–Trinajstić information content (AvgIpc) is 2.54. The molecule has 1 N–H and O–H groups in total. The zero-order valence-corrected chi connectivity index (χ0v) is 9.59. The molecule has 1 aliphatic heterocycles. The molecule has 2 heterocycles. The molecule has 0 aromatic carbocycles. The Kier molecular flexibility index (Phi) is 3.74. The van der Waals surface area contributed by atoms with Crippen LogP contribution in [0.3, 0.4) is 0 Å². The summed E-state index contributed by atoms with van der Waals surface area (Å²) in [5, 5.41) is 9.06. The molecule has 1 unspecified atom stereocenters. The first-order valence-corrected chi connectivity index (χ1v) is 5.73. The molecule has 0 radical (unpaired) electrons. The van der Waals surface area contributed by atoms with Crippen molar-refractivity contribution in [2.24, 2.45) is 0 Å². The lowest BCUT2D eigenvalue weighted by Gasteiger charge is -2.23. The number of pyridine rings is 1. The predicted octanol–water partition coefficient (Wildman–Crippen LogP) is 1.19. The Morgan fingerprint density at radius 2 is 2.44 bits per heavy atom. The Bertz CT molecular complexity index is 344. The second-order valence-corrected chi connectivity index (χ2v) is 4.13. The maximum absolute atomic E-state index is 9.06. The van der Waals surface area contributed by atoms with E-state index < -0.39 is 0 Å². The molecule has 1 aromatic heterocycles. The number of aromatic nitrogens is 1. The summed E-state index contributed by atoms with van der Waals surface area (Å²) >= 11 is 0. The van der Waals surface area contributed by atoms with E-state index in [1.54, 1.807) is 0 Å². The molecule has 1 aliphatic rings. The molecule has 1 saturated heterocycles. The molecular formula is C12H18N2O2. The fourth-order valence-electron chi connectivity index (χ4n) is 1.93. The smallest absolute Gasteiger partial charge is 0.128 e. The van der Waals surface area contributed by atoms with Crippen LogP contribution in [-0.4, -0.2) is 35.9 Å². The molecule has 1 aromatic rings. The van der Waals surface area contributed by atoms with Gasteiger partial charge in [-0.05, 0) is 25.5 Å². The van der Waals surface area contributed by atoms with Gasteiger partial charge in [0.05, 0.1) is 18.4 Å². The van der Waals surface area contributed by atoms with Gasteiger partial charge < -0.3 is 14.7 Å². The van der Waals surface area contributed by atoms with E-state index in [1.807, 2.05) is 18.2 Å². The van der Waals surface area contributed by atoms with Crippen molar-refractivity contribution in [1.29, 1.82) is 0 Å². The highest BCUT2D eigenvalue weighted by molar-refractivity contribution is 5.39. The molecule has 2 rings (SSSR count). The quantitative estimate of drug-likeness (QED) is 0.816. The van der Waals surface area contributed by atoms with Gasteiger partial charge in [-0.15, -0.1) is 0 Å². The molecule has 88 valence electrons. The van der Waals surface area contributed by atoms with Crippen LogP contribution in [0.5, 0.6) is 0 Å². The van der Waals surface area contributed by atoms with E-state index in [2.05, 4.69) is 16.8 Å². The summed E-state index contributed by atoms with van der Waals surface area (Å²) in [6.07, 6.45) is 1.26. The van der Waals surface area contributed by atoms with Gasteiger partial charge in [0.2, 0.25) is 0 Å². The maximum atomic E-state index is 9.06. The van der Waals surface area contributed by atoms with Gasteiger partial charge in [-0.3, -0.25) is 0 Å². The first kappa shape index (κ1) is 11.4. The first-order chi connectivity index (χ1) is 7.79. The second kappa shape index (κ2) is 5.27. The van der Waals surface area contributed by atoms with Gasteiger partial charge in [-0.2, -0.15) is 0 Å². The maximum Gasteiger partial charge on any atom is 0.128 e. The van der Waals surface area contributed by atoms with Crippen LogP contribution in [0.2, 0.25) is 0 Å². The summed E-state index contributed by atoms with van der Waals surface area (Å²) < 4.78 is 5.59. The lowest BCUT2D eigenvalue weighted by atomic mass is 10.3. The van der Waals surface area contributed by atoms with E-state index in [4.69, 9.17) is 9.84 Å². The fourth-order valence-corrected chi connectivity index (χ4v) is 1.93. The summed E-state index contributed by atoms with van der Waals surface area (Å²) in [7, 11) is 0. The Morgan fingerprint density at radius 1 is 1.56 bits per heavy atom. The highest BCUT2D eigenvalue weighted by Gasteiger charge is 2.16. The third-order valence-corrected chi connectivity index (χ3v) is 2.73. The van der Waals surface area contributed by atoms with Crippen LogP contribution in [-0.2, 0) is 11.3 Å². The minimum Gasteiger partial charge on any atom is -0.390 e. The summed E-state index contributed by atoms with van der Waals surface area (Å²) in [6, 6.07) is 5.75. The van der Waals surface area contributed by atoms with Crippen LogP contribution in [0.15, 0.2) is 18.2 Å². The van der Waals surface area contributed by atoms with Crippen molar-refractivity contribution < 1.29 is 9.84 Å². The number of rotatable bonds is 2. The monoisotopic (exact) mass is 222 g/mol. The molecule has 4 heteroatoms. The van der Waals surface area contributed by atoms with Gasteiger partial charge >= 0.3 is 0 Å². The van der Waals surface area contributed by atoms with E-state index >= 15 is 0 Å². The van der Waals surface area contributed by atoms with Crippen LogP contribution < -0.4 is 4.90 Å². The lowest BCUT2D eigenvalue weighted by molar-refractivity contribution is 0.0820. The average molecular weight is 222 g/mol. The molecule has 0 saturated carbocycles. The number of aliphatic hydroxyl groups excluding tert-OH is 1. The normalized spacial score (nSPS) is 21.9. The molecule has 0 spiro atoms. The van der Waals surface area contributed by atoms with E-state index in [0.29, 0.717) is 0 Å². The number of ether oxygens (including phenoxy) is 1.